The van der Waals surface area contributed by atoms with E-state index in [1.807, 2.05) is 24.1 Å². The maximum Gasteiger partial charge on any atom is 0.224 e. The third-order valence-electron chi connectivity index (χ3n) is 3.11. The summed E-state index contributed by atoms with van der Waals surface area (Å²) in [5.74, 6) is 0.201. The average Bonchev–Trinajstić information content (AvgIpc) is 2.39. The van der Waals surface area contributed by atoms with Crippen LogP contribution in [0.5, 0.6) is 0 Å². The first-order valence-electron chi connectivity index (χ1n) is 6.78. The number of rotatable bonds is 7. The molecule has 0 unspecified atom stereocenters. The number of carbonyl (C=O) groups is 1. The molecule has 1 amide bonds. The molecule has 1 N–H and O–H groups in total. The van der Waals surface area contributed by atoms with E-state index in [1.54, 1.807) is 0 Å². The Bertz CT molecular complexity index is 421. The van der Waals surface area contributed by atoms with Crippen LogP contribution in [0.1, 0.15) is 31.7 Å². The van der Waals surface area contributed by atoms with Crippen molar-refractivity contribution in [3.8, 4) is 0 Å². The molecular formula is C15H23BrN2O. The van der Waals surface area contributed by atoms with Crippen LogP contribution < -0.4 is 5.32 Å². The van der Waals surface area contributed by atoms with Gasteiger partial charge in [0.15, 0.2) is 0 Å². The van der Waals surface area contributed by atoms with Gasteiger partial charge in [-0.3, -0.25) is 4.79 Å². The molecule has 0 radical (unpaired) electrons. The summed E-state index contributed by atoms with van der Waals surface area (Å²) in [6.45, 7) is 5.71. The summed E-state index contributed by atoms with van der Waals surface area (Å²) in [6.07, 6.45) is 2.72. The summed E-state index contributed by atoms with van der Waals surface area (Å²) < 4.78 is 1.09. The van der Waals surface area contributed by atoms with Gasteiger partial charge < -0.3 is 10.2 Å². The van der Waals surface area contributed by atoms with Crippen molar-refractivity contribution in [2.45, 2.75) is 33.1 Å². The lowest BCUT2D eigenvalue weighted by molar-refractivity contribution is -0.129. The second kappa shape index (κ2) is 8.20. The Balaban J connectivity index is 2.33. The number of nitrogens with zero attached hydrogens (tertiary/aromatic N) is 1. The molecule has 0 atom stereocenters. The molecule has 0 bridgehead atoms. The topological polar surface area (TPSA) is 32.3 Å². The zero-order valence-electron chi connectivity index (χ0n) is 12.0. The maximum absolute atomic E-state index is 11.8. The second-order valence-electron chi connectivity index (χ2n) is 4.81. The quantitative estimate of drug-likeness (QED) is 0.826. The summed E-state index contributed by atoms with van der Waals surface area (Å²) in [4.78, 5) is 13.7. The fourth-order valence-corrected chi connectivity index (χ4v) is 2.11. The average molecular weight is 327 g/mol. The van der Waals surface area contributed by atoms with E-state index in [0.29, 0.717) is 13.0 Å². The van der Waals surface area contributed by atoms with Crippen LogP contribution in [0.4, 0.5) is 5.69 Å². The van der Waals surface area contributed by atoms with Crippen LogP contribution in [0, 0.1) is 6.92 Å². The number of hydrogen-bond donors (Lipinski definition) is 1. The van der Waals surface area contributed by atoms with E-state index in [0.717, 1.165) is 29.5 Å². The van der Waals surface area contributed by atoms with Crippen molar-refractivity contribution in [1.29, 1.82) is 0 Å². The van der Waals surface area contributed by atoms with Gasteiger partial charge in [0.05, 0.1) is 0 Å². The molecule has 0 fully saturated rings. The van der Waals surface area contributed by atoms with Crippen molar-refractivity contribution in [1.82, 2.24) is 4.90 Å². The van der Waals surface area contributed by atoms with Crippen LogP contribution in [-0.2, 0) is 4.79 Å². The zero-order valence-corrected chi connectivity index (χ0v) is 13.6. The highest BCUT2D eigenvalue weighted by Crippen LogP contribution is 2.20. The molecular weight excluding hydrogens is 304 g/mol. The monoisotopic (exact) mass is 326 g/mol. The van der Waals surface area contributed by atoms with Gasteiger partial charge in [0.1, 0.15) is 0 Å². The van der Waals surface area contributed by atoms with Crippen LogP contribution >= 0.6 is 15.9 Å². The van der Waals surface area contributed by atoms with Gasteiger partial charge in [0.25, 0.3) is 0 Å². The van der Waals surface area contributed by atoms with E-state index in [2.05, 4.69) is 41.2 Å². The minimum absolute atomic E-state index is 0.201. The normalized spacial score (nSPS) is 10.3. The maximum atomic E-state index is 11.8. The molecule has 0 spiro atoms. The van der Waals surface area contributed by atoms with Crippen LogP contribution in [0.15, 0.2) is 22.7 Å². The molecule has 0 aliphatic heterocycles. The van der Waals surface area contributed by atoms with Gasteiger partial charge in [0, 0.05) is 36.7 Å². The van der Waals surface area contributed by atoms with Crippen molar-refractivity contribution in [2.24, 2.45) is 0 Å². The number of carbonyl (C=O) groups excluding carboxylic acids is 1. The summed E-state index contributed by atoms with van der Waals surface area (Å²) in [5.41, 5.74) is 2.25. The molecule has 106 valence electrons. The third-order valence-corrected chi connectivity index (χ3v) is 3.97. The molecule has 3 nitrogen and oxygen atoms in total. The molecule has 0 heterocycles. The first-order chi connectivity index (χ1) is 9.04. The van der Waals surface area contributed by atoms with Crippen molar-refractivity contribution >= 4 is 27.5 Å². The van der Waals surface area contributed by atoms with Gasteiger partial charge >= 0.3 is 0 Å². The number of halogens is 1. The van der Waals surface area contributed by atoms with Gasteiger partial charge in [-0.25, -0.2) is 0 Å². The van der Waals surface area contributed by atoms with Gasteiger partial charge in [-0.15, -0.1) is 0 Å². The van der Waals surface area contributed by atoms with E-state index >= 15 is 0 Å². The Morgan fingerprint density at radius 1 is 1.42 bits per heavy atom. The Hall–Kier alpha value is -1.03. The smallest absolute Gasteiger partial charge is 0.224 e. The lowest BCUT2D eigenvalue weighted by Gasteiger charge is -2.17. The number of anilines is 1. The zero-order chi connectivity index (χ0) is 14.3. The van der Waals surface area contributed by atoms with Gasteiger partial charge in [-0.2, -0.15) is 0 Å². The number of unbranched alkanes of at least 4 members (excludes halogenated alkanes) is 1. The fourth-order valence-electron chi connectivity index (χ4n) is 1.73. The molecule has 0 aromatic heterocycles. The summed E-state index contributed by atoms with van der Waals surface area (Å²) in [7, 11) is 1.88. The molecule has 0 aliphatic rings. The van der Waals surface area contributed by atoms with Crippen molar-refractivity contribution in [2.75, 3.05) is 25.5 Å². The number of hydrogen-bond acceptors (Lipinski definition) is 2. The Kier molecular flexibility index (Phi) is 6.92. The lowest BCUT2D eigenvalue weighted by Crippen LogP contribution is -2.29. The molecule has 1 aromatic carbocycles. The van der Waals surface area contributed by atoms with Crippen LogP contribution in [-0.4, -0.2) is 30.9 Å². The van der Waals surface area contributed by atoms with E-state index in [-0.39, 0.29) is 5.91 Å². The molecule has 0 saturated carbocycles. The van der Waals surface area contributed by atoms with E-state index < -0.39 is 0 Å². The minimum Gasteiger partial charge on any atom is -0.384 e. The summed E-state index contributed by atoms with van der Waals surface area (Å²) in [6, 6.07) is 6.13. The molecule has 1 aromatic rings. The van der Waals surface area contributed by atoms with Crippen LogP contribution in [0.3, 0.4) is 0 Å². The SMILES string of the molecule is CCCCN(C)C(=O)CCNc1ccc(C)c(Br)c1. The highest BCUT2D eigenvalue weighted by molar-refractivity contribution is 9.10. The first-order valence-corrected chi connectivity index (χ1v) is 7.58. The van der Waals surface area contributed by atoms with Gasteiger partial charge in [0.2, 0.25) is 5.91 Å². The molecule has 19 heavy (non-hydrogen) atoms. The number of amides is 1. The number of benzene rings is 1. The fraction of sp³-hybridized carbons (Fsp3) is 0.533. The predicted molar refractivity (Wildman–Crippen MR) is 84.5 cm³/mol. The largest absolute Gasteiger partial charge is 0.384 e. The second-order valence-corrected chi connectivity index (χ2v) is 5.66. The highest BCUT2D eigenvalue weighted by Gasteiger charge is 2.07. The van der Waals surface area contributed by atoms with Gasteiger partial charge in [-0.1, -0.05) is 35.3 Å². The van der Waals surface area contributed by atoms with Crippen molar-refractivity contribution in [3.63, 3.8) is 0 Å². The van der Waals surface area contributed by atoms with Crippen LogP contribution in [0.2, 0.25) is 0 Å². The standard InChI is InChI=1S/C15H23BrN2O/c1-4-5-10-18(3)15(19)8-9-17-13-7-6-12(2)14(16)11-13/h6-7,11,17H,4-5,8-10H2,1-3H3. The summed E-state index contributed by atoms with van der Waals surface area (Å²) in [5, 5.41) is 3.28. The Morgan fingerprint density at radius 3 is 2.79 bits per heavy atom. The first kappa shape index (κ1) is 16.0. The number of nitrogens with one attached hydrogen (secondary N) is 1. The number of aryl methyl sites for hydroxylation is 1. The molecule has 4 heteroatoms. The van der Waals surface area contributed by atoms with E-state index in [4.69, 9.17) is 0 Å². The lowest BCUT2D eigenvalue weighted by atomic mass is 10.2. The van der Waals surface area contributed by atoms with E-state index in [1.165, 1.54) is 5.56 Å². The van der Waals surface area contributed by atoms with Gasteiger partial charge in [-0.05, 0) is 31.0 Å². The predicted octanol–water partition coefficient (Wildman–Crippen LogP) is 3.82. The van der Waals surface area contributed by atoms with Crippen LogP contribution in [0.25, 0.3) is 0 Å². The Morgan fingerprint density at radius 2 is 2.16 bits per heavy atom. The third kappa shape index (κ3) is 5.64. The minimum atomic E-state index is 0.201. The highest BCUT2D eigenvalue weighted by atomic mass is 79.9. The summed E-state index contributed by atoms with van der Waals surface area (Å²) >= 11 is 3.50. The van der Waals surface area contributed by atoms with E-state index in [9.17, 15) is 4.79 Å². The molecule has 0 aliphatic carbocycles. The molecule has 0 saturated heterocycles. The van der Waals surface area contributed by atoms with Crippen molar-refractivity contribution in [3.05, 3.63) is 28.2 Å². The molecule has 1 rings (SSSR count). The van der Waals surface area contributed by atoms with Crippen molar-refractivity contribution < 1.29 is 4.79 Å². The Labute approximate surface area is 124 Å².